The topological polar surface area (TPSA) is 119 Å². The summed E-state index contributed by atoms with van der Waals surface area (Å²) in [5.41, 5.74) is 9.82. The lowest BCUT2D eigenvalue weighted by molar-refractivity contribution is 0.0285. The molecule has 4 saturated heterocycles. The van der Waals surface area contributed by atoms with E-state index in [-0.39, 0.29) is 5.54 Å². The Balaban J connectivity index is 1.11. The van der Waals surface area contributed by atoms with Crippen molar-refractivity contribution in [3.8, 4) is 11.4 Å². The molecule has 234 valence electrons. The average molecular weight is 600 g/mol. The van der Waals surface area contributed by atoms with Crippen LogP contribution in [-0.4, -0.2) is 108 Å². The number of rotatable bonds is 7. The summed E-state index contributed by atoms with van der Waals surface area (Å²) in [4.78, 5) is 24.6. The molecule has 6 heterocycles. The number of benzene rings is 1. The summed E-state index contributed by atoms with van der Waals surface area (Å²) in [5.74, 6) is 1.23. The van der Waals surface area contributed by atoms with Gasteiger partial charge in [-0.15, -0.1) is 0 Å². The molecule has 2 aromatic heterocycles. The van der Waals surface area contributed by atoms with Crippen LogP contribution < -0.4 is 20.9 Å². The minimum atomic E-state index is -1.30. The van der Waals surface area contributed by atoms with E-state index in [1.165, 1.54) is 44.7 Å². The van der Waals surface area contributed by atoms with E-state index in [1.54, 1.807) is 6.20 Å². The van der Waals surface area contributed by atoms with Crippen LogP contribution in [0.2, 0.25) is 0 Å². The summed E-state index contributed by atoms with van der Waals surface area (Å²) in [5, 5.41) is 14.0. The van der Waals surface area contributed by atoms with Crippen molar-refractivity contribution in [3.63, 3.8) is 0 Å². The molecule has 0 bridgehead atoms. The fraction of sp³-hybridized carbons (Fsp3) is 0.545. The van der Waals surface area contributed by atoms with E-state index >= 15 is 0 Å². The van der Waals surface area contributed by atoms with E-state index in [9.17, 15) is 5.11 Å². The van der Waals surface area contributed by atoms with Gasteiger partial charge in [-0.1, -0.05) is 6.07 Å². The number of ether oxygens (including phenoxy) is 1. The number of anilines is 4. The largest absolute Gasteiger partial charge is 0.381 e. The van der Waals surface area contributed by atoms with Crippen LogP contribution in [0.5, 0.6) is 0 Å². The highest BCUT2D eigenvalue weighted by atomic mass is 16.5. The first-order valence-electron chi connectivity index (χ1n) is 16.2. The van der Waals surface area contributed by atoms with Crippen LogP contribution >= 0.6 is 0 Å². The fourth-order valence-electron chi connectivity index (χ4n) is 7.31. The number of aliphatic hydroxyl groups is 1. The Morgan fingerprint density at radius 2 is 1.68 bits per heavy atom. The van der Waals surface area contributed by atoms with Gasteiger partial charge in [0.25, 0.3) is 0 Å². The van der Waals surface area contributed by atoms with Crippen molar-refractivity contribution in [3.05, 3.63) is 54.4 Å². The molecule has 1 aromatic carbocycles. The van der Waals surface area contributed by atoms with Gasteiger partial charge in [-0.05, 0) is 75.5 Å². The number of nitrogens with one attached hydrogen (secondary N) is 1. The van der Waals surface area contributed by atoms with Crippen molar-refractivity contribution in [1.29, 1.82) is 0 Å². The number of piperazine rings is 1. The molecule has 44 heavy (non-hydrogen) atoms. The molecule has 1 atom stereocenters. The summed E-state index contributed by atoms with van der Waals surface area (Å²) in [6.45, 7) is 9.22. The van der Waals surface area contributed by atoms with E-state index < -0.39 is 6.23 Å². The molecule has 4 aliphatic rings. The lowest BCUT2D eigenvalue weighted by Gasteiger charge is -2.55. The highest BCUT2D eigenvalue weighted by Crippen LogP contribution is 2.45. The number of piperidine rings is 1. The minimum absolute atomic E-state index is 0.00995. The number of pyridine rings is 1. The molecule has 0 amide bonds. The Morgan fingerprint density at radius 1 is 0.932 bits per heavy atom. The Labute approximate surface area is 260 Å². The Bertz CT molecular complexity index is 1400. The monoisotopic (exact) mass is 599 g/mol. The van der Waals surface area contributed by atoms with Gasteiger partial charge < -0.3 is 35.6 Å². The zero-order valence-corrected chi connectivity index (χ0v) is 25.7. The molecule has 4 N–H and O–H groups in total. The number of aromatic nitrogens is 3. The second-order valence-electron chi connectivity index (χ2n) is 12.8. The third kappa shape index (κ3) is 5.87. The maximum atomic E-state index is 10.6. The third-order valence-electron chi connectivity index (χ3n) is 10.2. The van der Waals surface area contributed by atoms with Crippen LogP contribution in [0.1, 0.15) is 44.0 Å². The van der Waals surface area contributed by atoms with Crippen molar-refractivity contribution < 1.29 is 9.84 Å². The molecular formula is C33H45N9O2. The lowest BCUT2D eigenvalue weighted by atomic mass is 9.78. The quantitative estimate of drug-likeness (QED) is 0.348. The maximum absolute atomic E-state index is 10.6. The van der Waals surface area contributed by atoms with Gasteiger partial charge in [0.1, 0.15) is 17.6 Å². The van der Waals surface area contributed by atoms with Gasteiger partial charge in [0.2, 0.25) is 0 Å². The summed E-state index contributed by atoms with van der Waals surface area (Å²) < 4.78 is 5.70. The van der Waals surface area contributed by atoms with Gasteiger partial charge in [0.05, 0.1) is 5.69 Å². The van der Waals surface area contributed by atoms with E-state index in [0.29, 0.717) is 28.9 Å². The van der Waals surface area contributed by atoms with Crippen molar-refractivity contribution in [2.45, 2.75) is 49.9 Å². The second kappa shape index (κ2) is 12.6. The van der Waals surface area contributed by atoms with Gasteiger partial charge in [0.15, 0.2) is 11.6 Å². The van der Waals surface area contributed by atoms with E-state index in [0.717, 1.165) is 63.6 Å². The van der Waals surface area contributed by atoms with Gasteiger partial charge in [0, 0.05) is 88.2 Å². The molecule has 4 fully saturated rings. The maximum Gasteiger partial charge on any atom is 0.159 e. The summed E-state index contributed by atoms with van der Waals surface area (Å²) in [6.07, 6.45) is 5.86. The van der Waals surface area contributed by atoms with Crippen molar-refractivity contribution in [1.82, 2.24) is 24.8 Å². The van der Waals surface area contributed by atoms with Crippen LogP contribution in [0, 0.1) is 0 Å². The van der Waals surface area contributed by atoms with Crippen molar-refractivity contribution in [2.24, 2.45) is 5.73 Å². The van der Waals surface area contributed by atoms with Crippen LogP contribution in [0.25, 0.3) is 11.4 Å². The first kappa shape index (κ1) is 29.4. The molecule has 3 aromatic rings. The van der Waals surface area contributed by atoms with E-state index in [1.807, 2.05) is 18.2 Å². The molecule has 1 spiro atoms. The van der Waals surface area contributed by atoms with Crippen molar-refractivity contribution >= 4 is 23.0 Å². The number of likely N-dealkylation sites (N-methyl/N-ethyl adjacent to an activating group) is 1. The number of hydrogen-bond acceptors (Lipinski definition) is 11. The Kier molecular flexibility index (Phi) is 8.39. The van der Waals surface area contributed by atoms with Crippen molar-refractivity contribution in [2.75, 3.05) is 81.2 Å². The van der Waals surface area contributed by atoms with E-state index in [2.05, 4.69) is 61.2 Å². The van der Waals surface area contributed by atoms with Crippen LogP contribution in [0.15, 0.2) is 48.7 Å². The first-order valence-corrected chi connectivity index (χ1v) is 16.2. The molecule has 7 rings (SSSR count). The number of nitrogens with zero attached hydrogens (tertiary/aromatic N) is 7. The molecule has 4 aliphatic heterocycles. The summed E-state index contributed by atoms with van der Waals surface area (Å²) in [7, 11) is 2.22. The second-order valence-corrected chi connectivity index (χ2v) is 12.8. The Hall–Kier alpha value is -3.35. The zero-order valence-electron chi connectivity index (χ0n) is 25.7. The van der Waals surface area contributed by atoms with Crippen LogP contribution in [0.4, 0.5) is 23.0 Å². The predicted octanol–water partition coefficient (Wildman–Crippen LogP) is 3.21. The number of aliphatic hydroxyl groups excluding tert-OH is 1. The average Bonchev–Trinajstić information content (AvgIpc) is 3.06. The molecule has 0 radical (unpaired) electrons. The molecule has 11 heteroatoms. The molecule has 1 unspecified atom stereocenters. The highest BCUT2D eigenvalue weighted by molar-refractivity contribution is 5.75. The predicted molar refractivity (Wildman–Crippen MR) is 173 cm³/mol. The standard InChI is InChI=1S/C33H45N9O2/c1-39-18-20-41(21-19-39)26-9-15-40(16-10-26)25-7-5-24(6-8-25)36-31-29(30(34)43)37-28(27-4-2-3-14-35-27)32(38-31)42-17-11-33(42)12-22-44-23-13-33/h2-8,14,26,30,43H,9-13,15-23,34H2,1H3,(H,36,38). The Morgan fingerprint density at radius 3 is 2.32 bits per heavy atom. The molecule has 0 saturated carbocycles. The SMILES string of the molecule is CN1CCN(C2CCN(c3ccc(Nc4nc(N5CCC56CCOCC6)c(-c5ccccn5)nc4C(N)O)cc3)CC2)CC1. The molecule has 0 aliphatic carbocycles. The minimum Gasteiger partial charge on any atom is -0.381 e. The van der Waals surface area contributed by atoms with Gasteiger partial charge in [-0.3, -0.25) is 9.88 Å². The highest BCUT2D eigenvalue weighted by Gasteiger charge is 2.47. The lowest BCUT2D eigenvalue weighted by Crippen LogP contribution is -2.63. The number of hydrogen-bond donors (Lipinski definition) is 3. The van der Waals surface area contributed by atoms with E-state index in [4.69, 9.17) is 20.4 Å². The smallest absolute Gasteiger partial charge is 0.159 e. The van der Waals surface area contributed by atoms with Gasteiger partial charge in [-0.25, -0.2) is 9.97 Å². The fourth-order valence-corrected chi connectivity index (χ4v) is 7.31. The van der Waals surface area contributed by atoms with Crippen LogP contribution in [-0.2, 0) is 4.74 Å². The summed E-state index contributed by atoms with van der Waals surface area (Å²) >= 11 is 0. The van der Waals surface area contributed by atoms with Crippen LogP contribution in [0.3, 0.4) is 0 Å². The molecule has 11 nitrogen and oxygen atoms in total. The van der Waals surface area contributed by atoms with Gasteiger partial charge >= 0.3 is 0 Å². The summed E-state index contributed by atoms with van der Waals surface area (Å²) in [6, 6.07) is 14.9. The third-order valence-corrected chi connectivity index (χ3v) is 10.2. The number of nitrogens with two attached hydrogens (primary N) is 1. The molecular weight excluding hydrogens is 554 g/mol. The van der Waals surface area contributed by atoms with Gasteiger partial charge in [-0.2, -0.15) is 0 Å². The first-order chi connectivity index (χ1) is 21.5. The zero-order chi connectivity index (χ0) is 30.1. The normalized spacial score (nSPS) is 22.2.